The van der Waals surface area contributed by atoms with Crippen molar-refractivity contribution < 1.29 is 9.84 Å². The van der Waals surface area contributed by atoms with E-state index < -0.39 is 0 Å². The molecule has 0 fully saturated rings. The number of fused-ring (bicyclic) bond motifs is 5. The molecule has 3 aromatic carbocycles. The number of rotatable bonds is 1. The third-order valence-electron chi connectivity index (χ3n) is 5.28. The molecule has 0 saturated heterocycles. The molecule has 2 heteroatoms. The zero-order chi connectivity index (χ0) is 17.1. The Balaban J connectivity index is 2.19. The summed E-state index contributed by atoms with van der Waals surface area (Å²) in [6.07, 6.45) is 0.982. The second-order valence-electron chi connectivity index (χ2n) is 7.40. The number of aromatic hydroxyl groups is 1. The van der Waals surface area contributed by atoms with Crippen LogP contribution in [0.4, 0.5) is 0 Å². The molecule has 0 atom stereocenters. The van der Waals surface area contributed by atoms with Gasteiger partial charge in [-0.3, -0.25) is 0 Å². The van der Waals surface area contributed by atoms with Gasteiger partial charge in [-0.2, -0.15) is 0 Å². The molecule has 0 aromatic heterocycles. The summed E-state index contributed by atoms with van der Waals surface area (Å²) in [5.41, 5.74) is 6.19. The van der Waals surface area contributed by atoms with Crippen molar-refractivity contribution in [3.63, 3.8) is 0 Å². The van der Waals surface area contributed by atoms with Gasteiger partial charge in [-0.1, -0.05) is 38.1 Å². The highest BCUT2D eigenvalue weighted by Crippen LogP contribution is 2.49. The van der Waals surface area contributed by atoms with Gasteiger partial charge in [-0.15, -0.1) is 0 Å². The molecule has 0 bridgehead atoms. The lowest BCUT2D eigenvalue weighted by atomic mass is 9.69. The minimum atomic E-state index is -0.0107. The molecule has 0 saturated carbocycles. The van der Waals surface area contributed by atoms with Crippen molar-refractivity contribution in [2.45, 2.75) is 32.6 Å². The summed E-state index contributed by atoms with van der Waals surface area (Å²) >= 11 is 0. The fraction of sp³-hybridized carbons (Fsp3) is 0.273. The Labute approximate surface area is 142 Å². The summed E-state index contributed by atoms with van der Waals surface area (Å²) in [7, 11) is 1.67. The van der Waals surface area contributed by atoms with Gasteiger partial charge in [0.15, 0.2) is 0 Å². The molecule has 0 aliphatic heterocycles. The van der Waals surface area contributed by atoms with Crippen molar-refractivity contribution in [3.05, 3.63) is 59.2 Å². The van der Waals surface area contributed by atoms with Gasteiger partial charge in [0.1, 0.15) is 11.5 Å². The lowest BCUT2D eigenvalue weighted by Gasteiger charge is -2.35. The molecule has 1 aliphatic rings. The summed E-state index contributed by atoms with van der Waals surface area (Å²) in [6, 6.07) is 14.7. The Morgan fingerprint density at radius 2 is 1.79 bits per heavy atom. The second kappa shape index (κ2) is 5.01. The van der Waals surface area contributed by atoms with Crippen LogP contribution in [0, 0.1) is 6.92 Å². The minimum Gasteiger partial charge on any atom is -0.507 e. The first-order chi connectivity index (χ1) is 11.4. The van der Waals surface area contributed by atoms with E-state index in [4.69, 9.17) is 4.74 Å². The first-order valence-electron chi connectivity index (χ1n) is 8.35. The number of benzene rings is 3. The Kier molecular flexibility index (Phi) is 3.14. The Bertz CT molecular complexity index is 967. The third-order valence-corrected chi connectivity index (χ3v) is 5.28. The number of ether oxygens (including phenoxy) is 1. The van der Waals surface area contributed by atoms with E-state index in [1.165, 1.54) is 22.3 Å². The van der Waals surface area contributed by atoms with E-state index in [1.807, 2.05) is 12.1 Å². The van der Waals surface area contributed by atoms with Gasteiger partial charge in [0.25, 0.3) is 0 Å². The van der Waals surface area contributed by atoms with Gasteiger partial charge in [0, 0.05) is 5.39 Å². The quantitative estimate of drug-likeness (QED) is 0.654. The molecule has 24 heavy (non-hydrogen) atoms. The van der Waals surface area contributed by atoms with Gasteiger partial charge in [-0.05, 0) is 70.2 Å². The predicted octanol–water partition coefficient (Wildman–Crippen LogP) is 5.36. The van der Waals surface area contributed by atoms with Crippen molar-refractivity contribution in [1.82, 2.24) is 0 Å². The predicted molar refractivity (Wildman–Crippen MR) is 99.1 cm³/mol. The van der Waals surface area contributed by atoms with Crippen molar-refractivity contribution in [2.75, 3.05) is 7.11 Å². The summed E-state index contributed by atoms with van der Waals surface area (Å²) in [6.45, 7) is 6.56. The number of phenolic OH excluding ortho intramolecular Hbond substituents is 1. The van der Waals surface area contributed by atoms with Crippen molar-refractivity contribution in [1.29, 1.82) is 0 Å². The largest absolute Gasteiger partial charge is 0.507 e. The highest BCUT2D eigenvalue weighted by Gasteiger charge is 2.33. The van der Waals surface area contributed by atoms with E-state index in [1.54, 1.807) is 7.11 Å². The molecular formula is C22H22O2. The van der Waals surface area contributed by atoms with Crippen molar-refractivity contribution in [3.8, 4) is 22.6 Å². The van der Waals surface area contributed by atoms with Crippen molar-refractivity contribution >= 4 is 10.8 Å². The third kappa shape index (κ3) is 2.02. The van der Waals surface area contributed by atoms with Gasteiger partial charge < -0.3 is 9.84 Å². The van der Waals surface area contributed by atoms with Crippen LogP contribution in [-0.2, 0) is 11.8 Å². The minimum absolute atomic E-state index is 0.0107. The lowest BCUT2D eigenvalue weighted by Crippen LogP contribution is -2.25. The van der Waals surface area contributed by atoms with E-state index in [9.17, 15) is 5.11 Å². The molecule has 0 unspecified atom stereocenters. The maximum atomic E-state index is 10.7. The molecule has 0 amide bonds. The summed E-state index contributed by atoms with van der Waals surface area (Å²) in [4.78, 5) is 0. The molecule has 2 nitrogen and oxygen atoms in total. The SMILES string of the molecule is COc1cc2c(O)cc3c(c2cc1C)-c1ccccc1CC3(C)C. The van der Waals surface area contributed by atoms with Crippen LogP contribution in [0.1, 0.15) is 30.5 Å². The zero-order valence-corrected chi connectivity index (χ0v) is 14.6. The summed E-state index contributed by atoms with van der Waals surface area (Å²) in [5.74, 6) is 1.13. The second-order valence-corrected chi connectivity index (χ2v) is 7.40. The van der Waals surface area contributed by atoms with Crippen LogP contribution in [0.15, 0.2) is 42.5 Å². The van der Waals surface area contributed by atoms with Gasteiger partial charge >= 0.3 is 0 Å². The fourth-order valence-corrected chi connectivity index (χ4v) is 4.07. The number of aryl methyl sites for hydroxylation is 1. The van der Waals surface area contributed by atoms with E-state index in [-0.39, 0.29) is 5.41 Å². The van der Waals surface area contributed by atoms with E-state index in [0.29, 0.717) is 5.75 Å². The maximum Gasteiger partial charge on any atom is 0.123 e. The van der Waals surface area contributed by atoms with E-state index in [2.05, 4.69) is 51.1 Å². The molecule has 4 rings (SSSR count). The lowest BCUT2D eigenvalue weighted by molar-refractivity contribution is 0.412. The Morgan fingerprint density at radius 3 is 2.54 bits per heavy atom. The average molecular weight is 318 g/mol. The summed E-state index contributed by atoms with van der Waals surface area (Å²) < 4.78 is 5.45. The average Bonchev–Trinajstić information content (AvgIpc) is 2.54. The van der Waals surface area contributed by atoms with Crippen LogP contribution in [0.5, 0.6) is 11.5 Å². The highest BCUT2D eigenvalue weighted by atomic mass is 16.5. The number of hydrogen-bond acceptors (Lipinski definition) is 2. The zero-order valence-electron chi connectivity index (χ0n) is 14.6. The number of phenols is 1. The first-order valence-corrected chi connectivity index (χ1v) is 8.35. The Morgan fingerprint density at radius 1 is 1.04 bits per heavy atom. The monoisotopic (exact) mass is 318 g/mol. The molecule has 0 radical (unpaired) electrons. The molecule has 122 valence electrons. The molecule has 0 heterocycles. The molecule has 1 aliphatic carbocycles. The smallest absolute Gasteiger partial charge is 0.123 e. The van der Waals surface area contributed by atoms with E-state index >= 15 is 0 Å². The molecule has 1 N–H and O–H groups in total. The molecule has 0 spiro atoms. The maximum absolute atomic E-state index is 10.7. The topological polar surface area (TPSA) is 29.5 Å². The van der Waals surface area contributed by atoms with Crippen molar-refractivity contribution in [2.24, 2.45) is 0 Å². The fourth-order valence-electron chi connectivity index (χ4n) is 4.07. The van der Waals surface area contributed by atoms with E-state index in [0.717, 1.165) is 28.5 Å². The van der Waals surface area contributed by atoms with Crippen LogP contribution in [0.2, 0.25) is 0 Å². The highest BCUT2D eigenvalue weighted by molar-refractivity contribution is 6.04. The van der Waals surface area contributed by atoms with Gasteiger partial charge in [0.05, 0.1) is 7.11 Å². The van der Waals surface area contributed by atoms with Crippen LogP contribution < -0.4 is 4.74 Å². The molecule has 3 aromatic rings. The van der Waals surface area contributed by atoms with Crippen LogP contribution in [0.3, 0.4) is 0 Å². The number of methoxy groups -OCH3 is 1. The standard InChI is InChI=1S/C22H22O2/c1-13-9-17-16(10-20(13)24-4)19(23)11-18-21(17)15-8-6-5-7-14(15)12-22(18,2)3/h5-11,23H,12H2,1-4H3. The van der Waals surface area contributed by atoms with Gasteiger partial charge in [0.2, 0.25) is 0 Å². The first kappa shape index (κ1) is 15.1. The van der Waals surface area contributed by atoms with Gasteiger partial charge in [-0.25, -0.2) is 0 Å². The van der Waals surface area contributed by atoms with Crippen LogP contribution in [-0.4, -0.2) is 12.2 Å². The number of hydrogen-bond donors (Lipinski definition) is 1. The van der Waals surface area contributed by atoms with Crippen LogP contribution >= 0.6 is 0 Å². The normalized spacial score (nSPS) is 15.0. The van der Waals surface area contributed by atoms with Crippen LogP contribution in [0.25, 0.3) is 21.9 Å². The molecular weight excluding hydrogens is 296 g/mol. The summed E-state index contributed by atoms with van der Waals surface area (Å²) in [5, 5.41) is 12.6. The Hall–Kier alpha value is -2.48.